The Morgan fingerprint density at radius 3 is 2.22 bits per heavy atom. The van der Waals surface area contributed by atoms with Crippen molar-refractivity contribution in [1.82, 2.24) is 0 Å². The molecule has 0 radical (unpaired) electrons. The molecule has 0 unspecified atom stereocenters. The maximum Gasteiger partial charge on any atom is 0.107 e. The maximum absolute atomic E-state index is 5.33. The molecule has 0 amide bonds. The highest BCUT2D eigenvalue weighted by atomic mass is 32.3. The van der Waals surface area contributed by atoms with Crippen LogP contribution in [-0.2, 0) is 0 Å². The van der Waals surface area contributed by atoms with Crippen molar-refractivity contribution in [1.29, 1.82) is 0 Å². The summed E-state index contributed by atoms with van der Waals surface area (Å²) >= 11 is 6.81. The van der Waals surface area contributed by atoms with E-state index < -0.39 is 0 Å². The Morgan fingerprint density at radius 1 is 1.06 bits per heavy atom. The fourth-order valence-electron chi connectivity index (χ4n) is 3.17. The van der Waals surface area contributed by atoms with E-state index in [-0.39, 0.29) is 0 Å². The molecule has 1 saturated carbocycles. The van der Waals surface area contributed by atoms with Crippen LogP contribution in [0.3, 0.4) is 0 Å². The van der Waals surface area contributed by atoms with Gasteiger partial charge in [0.2, 0.25) is 0 Å². The molecule has 0 spiro atoms. The van der Waals surface area contributed by atoms with Gasteiger partial charge in [-0.05, 0) is 38.0 Å². The fraction of sp³-hybridized carbons (Fsp3) is 0.867. The van der Waals surface area contributed by atoms with Crippen LogP contribution in [0.2, 0.25) is 0 Å². The zero-order chi connectivity index (χ0) is 12.5. The summed E-state index contributed by atoms with van der Waals surface area (Å²) in [5.74, 6) is 8.13. The smallest absolute Gasteiger partial charge is 0.107 e. The van der Waals surface area contributed by atoms with E-state index in [4.69, 9.17) is 6.42 Å². The molecule has 0 atom stereocenters. The minimum absolute atomic E-state index is 0.500. The largest absolute Gasteiger partial charge is 0.133 e. The second-order valence-electron chi connectivity index (χ2n) is 5.95. The molecule has 0 aromatic carbocycles. The van der Waals surface area contributed by atoms with Crippen molar-refractivity contribution in [2.75, 3.05) is 17.3 Å². The molecule has 4 rings (SSSR count). The van der Waals surface area contributed by atoms with Crippen molar-refractivity contribution >= 4 is 35.3 Å². The van der Waals surface area contributed by atoms with E-state index in [2.05, 4.69) is 41.2 Å². The summed E-state index contributed by atoms with van der Waals surface area (Å²) < 4.78 is 0.500. The van der Waals surface area contributed by atoms with Gasteiger partial charge in [-0.15, -0.1) is 47.6 Å². The van der Waals surface area contributed by atoms with Crippen molar-refractivity contribution < 1.29 is 0 Å². The van der Waals surface area contributed by atoms with Gasteiger partial charge in [-0.2, -0.15) is 0 Å². The van der Waals surface area contributed by atoms with Gasteiger partial charge >= 0.3 is 0 Å². The molecule has 18 heavy (non-hydrogen) atoms. The van der Waals surface area contributed by atoms with Crippen LogP contribution in [0.25, 0.3) is 0 Å². The van der Waals surface area contributed by atoms with E-state index in [1.165, 1.54) is 55.8 Å². The highest BCUT2D eigenvalue weighted by Gasteiger charge is 2.54. The van der Waals surface area contributed by atoms with Crippen LogP contribution < -0.4 is 0 Å². The van der Waals surface area contributed by atoms with Crippen LogP contribution in [0.5, 0.6) is 0 Å². The molecule has 0 nitrogen and oxygen atoms in total. The predicted molar refractivity (Wildman–Crippen MR) is 87.2 cm³/mol. The molecule has 4 fully saturated rings. The maximum atomic E-state index is 5.33. The molecule has 0 N–H and O–H groups in total. The third-order valence-corrected chi connectivity index (χ3v) is 11.0. The normalized spacial score (nSPS) is 39.3. The molecular formula is C15H22S3. The molecule has 3 heterocycles. The molecular weight excluding hydrogens is 276 g/mol. The quantitative estimate of drug-likeness (QED) is 0.526. The van der Waals surface area contributed by atoms with E-state index in [0.717, 1.165) is 12.3 Å². The molecule has 2 bridgehead atoms. The standard InChI is InChI=1S/C15H22S3/c1-2-3-4-5-9-15-16-10-14(11-17-15,12-18-15)13-7-6-8-13/h1,13H,3-12H2. The molecule has 3 aliphatic heterocycles. The first-order chi connectivity index (χ1) is 8.79. The molecule has 0 aromatic heterocycles. The first-order valence-corrected chi connectivity index (χ1v) is 10.1. The second-order valence-corrected chi connectivity index (χ2v) is 10.5. The molecule has 4 aliphatic rings. The van der Waals surface area contributed by atoms with Crippen molar-refractivity contribution in [3.05, 3.63) is 0 Å². The number of thioether (sulfide) groups is 3. The Hall–Kier alpha value is 0.610. The lowest BCUT2D eigenvalue weighted by Gasteiger charge is -2.57. The summed E-state index contributed by atoms with van der Waals surface area (Å²) in [7, 11) is 0. The summed E-state index contributed by atoms with van der Waals surface area (Å²) in [6, 6.07) is 0. The molecule has 3 heteroatoms. The van der Waals surface area contributed by atoms with Gasteiger partial charge in [-0.1, -0.05) is 6.42 Å². The third-order valence-electron chi connectivity index (χ3n) is 4.76. The number of hydrogen-bond acceptors (Lipinski definition) is 3. The Balaban J connectivity index is 1.52. The average molecular weight is 299 g/mol. The van der Waals surface area contributed by atoms with E-state index in [1.54, 1.807) is 0 Å². The summed E-state index contributed by atoms with van der Waals surface area (Å²) in [5.41, 5.74) is 0.707. The van der Waals surface area contributed by atoms with Crippen LogP contribution in [0, 0.1) is 23.7 Å². The number of rotatable bonds is 5. The van der Waals surface area contributed by atoms with Gasteiger partial charge in [0.05, 0.1) is 0 Å². The predicted octanol–water partition coefficient (Wildman–Crippen LogP) is 4.85. The van der Waals surface area contributed by atoms with Crippen LogP contribution >= 0.6 is 35.3 Å². The molecule has 1 aliphatic carbocycles. The Kier molecular flexibility index (Phi) is 4.18. The van der Waals surface area contributed by atoms with Gasteiger partial charge < -0.3 is 0 Å². The molecule has 0 aromatic rings. The van der Waals surface area contributed by atoms with E-state index >= 15 is 0 Å². The third kappa shape index (κ3) is 2.45. The van der Waals surface area contributed by atoms with Crippen molar-refractivity contribution in [3.63, 3.8) is 0 Å². The SMILES string of the molecule is C#CCCCCC12SCC(C3CCC3)(CS1)CS2. The van der Waals surface area contributed by atoms with Crippen LogP contribution in [0.1, 0.15) is 44.9 Å². The van der Waals surface area contributed by atoms with Crippen LogP contribution in [0.15, 0.2) is 0 Å². The lowest BCUT2D eigenvalue weighted by Crippen LogP contribution is -2.51. The summed E-state index contributed by atoms with van der Waals surface area (Å²) in [5, 5.41) is 0. The van der Waals surface area contributed by atoms with Crippen molar-refractivity contribution in [2.45, 2.75) is 48.4 Å². The second kappa shape index (κ2) is 5.54. The zero-order valence-electron chi connectivity index (χ0n) is 11.0. The fourth-order valence-corrected chi connectivity index (χ4v) is 9.33. The van der Waals surface area contributed by atoms with Crippen molar-refractivity contribution in [2.24, 2.45) is 11.3 Å². The van der Waals surface area contributed by atoms with E-state index in [9.17, 15) is 0 Å². The number of hydrogen-bond donors (Lipinski definition) is 0. The summed E-state index contributed by atoms with van der Waals surface area (Å²) in [4.78, 5) is 0. The lowest BCUT2D eigenvalue weighted by molar-refractivity contribution is 0.152. The van der Waals surface area contributed by atoms with Gasteiger partial charge in [0.15, 0.2) is 0 Å². The Labute approximate surface area is 124 Å². The first-order valence-electron chi connectivity index (χ1n) is 7.14. The van der Waals surface area contributed by atoms with Crippen LogP contribution in [-0.4, -0.2) is 20.7 Å². The van der Waals surface area contributed by atoms with E-state index in [1.807, 2.05) is 0 Å². The molecule has 100 valence electrons. The zero-order valence-corrected chi connectivity index (χ0v) is 13.4. The minimum atomic E-state index is 0.500. The lowest BCUT2D eigenvalue weighted by atomic mass is 9.68. The number of terminal acetylenes is 1. The first kappa shape index (κ1) is 13.6. The number of unbranched alkanes of at least 4 members (excludes halogenated alkanes) is 2. The van der Waals surface area contributed by atoms with Gasteiger partial charge in [-0.25, -0.2) is 0 Å². The van der Waals surface area contributed by atoms with E-state index in [0.29, 0.717) is 8.83 Å². The average Bonchev–Trinajstić information content (AvgIpc) is 2.35. The van der Waals surface area contributed by atoms with Crippen LogP contribution in [0.4, 0.5) is 0 Å². The summed E-state index contributed by atoms with van der Waals surface area (Å²) in [6.07, 6.45) is 14.7. The number of fused-ring (bicyclic) bond motifs is 3. The summed E-state index contributed by atoms with van der Waals surface area (Å²) in [6.45, 7) is 0. The van der Waals surface area contributed by atoms with Gasteiger partial charge in [0, 0.05) is 29.1 Å². The minimum Gasteiger partial charge on any atom is -0.133 e. The van der Waals surface area contributed by atoms with Gasteiger partial charge in [0.1, 0.15) is 3.41 Å². The Bertz CT molecular complexity index is 316. The van der Waals surface area contributed by atoms with Crippen molar-refractivity contribution in [3.8, 4) is 12.3 Å². The van der Waals surface area contributed by atoms with Gasteiger partial charge in [-0.3, -0.25) is 0 Å². The highest BCUT2D eigenvalue weighted by molar-refractivity contribution is 8.34. The Morgan fingerprint density at radius 2 is 1.72 bits per heavy atom. The monoisotopic (exact) mass is 298 g/mol. The highest BCUT2D eigenvalue weighted by Crippen LogP contribution is 2.67. The topological polar surface area (TPSA) is 0 Å². The molecule has 3 saturated heterocycles. The van der Waals surface area contributed by atoms with Gasteiger partial charge in [0.25, 0.3) is 0 Å².